The predicted octanol–water partition coefficient (Wildman–Crippen LogP) is 0.735. The third-order valence-electron chi connectivity index (χ3n) is 4.28. The van der Waals surface area contributed by atoms with Gasteiger partial charge in [0.25, 0.3) is 0 Å². The fourth-order valence-electron chi connectivity index (χ4n) is 3.28. The lowest BCUT2D eigenvalue weighted by Crippen LogP contribution is -2.49. The van der Waals surface area contributed by atoms with Crippen molar-refractivity contribution in [2.75, 3.05) is 0 Å². The van der Waals surface area contributed by atoms with Gasteiger partial charge in [-0.3, -0.25) is 9.59 Å². The Morgan fingerprint density at radius 3 is 2.10 bits per heavy atom. The molecule has 0 aliphatic heterocycles. The maximum atomic E-state index is 12.3. The molecule has 20 heavy (non-hydrogen) atoms. The molecule has 6 heteroatoms. The first-order chi connectivity index (χ1) is 9.32. The average molecular weight is 281 g/mol. The molecule has 1 saturated carbocycles. The highest BCUT2D eigenvalue weighted by molar-refractivity contribution is 5.89. The number of amides is 1. The summed E-state index contributed by atoms with van der Waals surface area (Å²) < 4.78 is 0. The topological polar surface area (TPSA) is 104 Å². The van der Waals surface area contributed by atoms with Gasteiger partial charge in [-0.15, -0.1) is 0 Å². The molecule has 3 N–H and O–H groups in total. The quantitative estimate of drug-likeness (QED) is 0.645. The van der Waals surface area contributed by atoms with Crippen LogP contribution in [-0.2, 0) is 14.4 Å². The first kappa shape index (κ1) is 14.6. The van der Waals surface area contributed by atoms with Gasteiger partial charge in [-0.05, 0) is 24.2 Å². The van der Waals surface area contributed by atoms with Gasteiger partial charge in [-0.2, -0.15) is 0 Å². The summed E-state index contributed by atoms with van der Waals surface area (Å²) in [5.74, 6) is -4.42. The number of carboxylic acids is 2. The zero-order chi connectivity index (χ0) is 15.0. The normalized spacial score (nSPS) is 32.4. The Morgan fingerprint density at radius 2 is 1.65 bits per heavy atom. The van der Waals surface area contributed by atoms with Crippen LogP contribution < -0.4 is 5.32 Å². The lowest BCUT2D eigenvalue weighted by Gasteiger charge is -2.26. The minimum atomic E-state index is -1.10. The molecule has 0 aromatic rings. The minimum Gasteiger partial charge on any atom is -0.481 e. The summed E-state index contributed by atoms with van der Waals surface area (Å²) in [7, 11) is 0. The Kier molecular flexibility index (Phi) is 3.83. The maximum Gasteiger partial charge on any atom is 0.326 e. The predicted molar refractivity (Wildman–Crippen MR) is 69.8 cm³/mol. The van der Waals surface area contributed by atoms with E-state index in [1.165, 1.54) is 0 Å². The Bertz CT molecular complexity index is 470. The van der Waals surface area contributed by atoms with Gasteiger partial charge in [-0.25, -0.2) is 4.79 Å². The van der Waals surface area contributed by atoms with Crippen LogP contribution in [-0.4, -0.2) is 34.1 Å². The van der Waals surface area contributed by atoms with Crippen LogP contribution in [0.1, 0.15) is 20.3 Å². The van der Waals surface area contributed by atoms with Crippen LogP contribution in [0.15, 0.2) is 12.2 Å². The molecular weight excluding hydrogens is 262 g/mol. The zero-order valence-corrected chi connectivity index (χ0v) is 11.4. The number of hydrogen-bond acceptors (Lipinski definition) is 3. The van der Waals surface area contributed by atoms with E-state index < -0.39 is 35.7 Å². The second kappa shape index (κ2) is 5.26. The van der Waals surface area contributed by atoms with Gasteiger partial charge in [0, 0.05) is 0 Å². The van der Waals surface area contributed by atoms with Crippen LogP contribution in [0, 0.1) is 29.6 Å². The molecule has 0 heterocycles. The molecule has 0 aromatic heterocycles. The van der Waals surface area contributed by atoms with E-state index in [0.717, 1.165) is 0 Å². The van der Waals surface area contributed by atoms with Crippen molar-refractivity contribution in [2.45, 2.75) is 26.3 Å². The highest BCUT2D eigenvalue weighted by Crippen LogP contribution is 2.48. The third kappa shape index (κ3) is 2.42. The summed E-state index contributed by atoms with van der Waals surface area (Å²) in [5, 5.41) is 20.9. The number of fused-ring (bicyclic) bond motifs is 2. The standard InChI is InChI=1S/C14H19NO5/c1-6(2)11(14(19)20)15-12(16)9-7-3-4-8(5-7)10(9)13(17)18/h3-4,6-11H,5H2,1-2H3,(H,15,16)(H,17,18)(H,19,20)/t7?,8?,9-,10+,11?/m0/s1. The number of rotatable bonds is 5. The van der Waals surface area contributed by atoms with Gasteiger partial charge in [0.15, 0.2) is 0 Å². The Balaban J connectivity index is 2.14. The van der Waals surface area contributed by atoms with Crippen LogP contribution in [0.5, 0.6) is 0 Å². The van der Waals surface area contributed by atoms with Crippen LogP contribution >= 0.6 is 0 Å². The summed E-state index contributed by atoms with van der Waals surface area (Å²) in [6.07, 6.45) is 4.39. The summed E-state index contributed by atoms with van der Waals surface area (Å²) >= 11 is 0. The van der Waals surface area contributed by atoms with Gasteiger partial charge >= 0.3 is 11.9 Å². The van der Waals surface area contributed by atoms with E-state index in [-0.39, 0.29) is 17.8 Å². The SMILES string of the molecule is CC(C)C(NC(=O)[C@H]1C2C=CC(C2)[C@H]1C(=O)O)C(=O)O. The van der Waals surface area contributed by atoms with E-state index in [1.807, 2.05) is 12.2 Å². The summed E-state index contributed by atoms with van der Waals surface area (Å²) in [4.78, 5) is 34.7. The van der Waals surface area contributed by atoms with Gasteiger partial charge in [0.1, 0.15) is 6.04 Å². The largest absolute Gasteiger partial charge is 0.481 e. The molecule has 2 aliphatic carbocycles. The molecule has 0 spiro atoms. The highest BCUT2D eigenvalue weighted by atomic mass is 16.4. The molecule has 1 fully saturated rings. The molecule has 5 atom stereocenters. The number of aliphatic carboxylic acids is 2. The molecule has 6 nitrogen and oxygen atoms in total. The Labute approximate surface area is 116 Å². The van der Waals surface area contributed by atoms with E-state index in [0.29, 0.717) is 6.42 Å². The van der Waals surface area contributed by atoms with Crippen LogP contribution in [0.4, 0.5) is 0 Å². The van der Waals surface area contributed by atoms with Crippen LogP contribution in [0.25, 0.3) is 0 Å². The first-order valence-corrected chi connectivity index (χ1v) is 6.77. The first-order valence-electron chi connectivity index (χ1n) is 6.77. The molecule has 2 bridgehead atoms. The maximum absolute atomic E-state index is 12.3. The molecular formula is C14H19NO5. The smallest absolute Gasteiger partial charge is 0.326 e. The zero-order valence-electron chi connectivity index (χ0n) is 11.4. The van der Waals surface area contributed by atoms with Crippen molar-refractivity contribution in [1.29, 1.82) is 0 Å². The van der Waals surface area contributed by atoms with Gasteiger partial charge < -0.3 is 15.5 Å². The van der Waals surface area contributed by atoms with E-state index in [4.69, 9.17) is 5.11 Å². The second-order valence-electron chi connectivity index (χ2n) is 5.91. The number of allylic oxidation sites excluding steroid dienone is 2. The lowest BCUT2D eigenvalue weighted by atomic mass is 9.82. The number of hydrogen-bond donors (Lipinski definition) is 3. The van der Waals surface area contributed by atoms with Crippen molar-refractivity contribution in [3.05, 3.63) is 12.2 Å². The molecule has 2 rings (SSSR count). The highest BCUT2D eigenvalue weighted by Gasteiger charge is 2.52. The summed E-state index contributed by atoms with van der Waals surface area (Å²) in [6, 6.07) is -0.986. The fourth-order valence-corrected chi connectivity index (χ4v) is 3.28. The molecule has 2 aliphatic rings. The summed E-state index contributed by atoms with van der Waals surface area (Å²) in [5.41, 5.74) is 0. The van der Waals surface area contributed by atoms with Crippen molar-refractivity contribution in [3.63, 3.8) is 0 Å². The van der Waals surface area contributed by atoms with Gasteiger partial charge in [0.2, 0.25) is 5.91 Å². The number of carbonyl (C=O) groups excluding carboxylic acids is 1. The molecule has 1 amide bonds. The molecule has 0 aromatic carbocycles. The van der Waals surface area contributed by atoms with Crippen molar-refractivity contribution in [3.8, 4) is 0 Å². The Morgan fingerprint density at radius 1 is 1.10 bits per heavy atom. The van der Waals surface area contributed by atoms with Gasteiger partial charge in [0.05, 0.1) is 11.8 Å². The van der Waals surface area contributed by atoms with E-state index >= 15 is 0 Å². The Hall–Kier alpha value is -1.85. The van der Waals surface area contributed by atoms with Crippen LogP contribution in [0.2, 0.25) is 0 Å². The molecule has 0 saturated heterocycles. The van der Waals surface area contributed by atoms with Crippen molar-refractivity contribution in [2.24, 2.45) is 29.6 Å². The van der Waals surface area contributed by atoms with Crippen molar-refractivity contribution >= 4 is 17.8 Å². The average Bonchev–Trinajstić information content (AvgIpc) is 2.94. The minimum absolute atomic E-state index is 0.0947. The molecule has 3 unspecified atom stereocenters. The number of nitrogens with one attached hydrogen (secondary N) is 1. The molecule has 110 valence electrons. The second-order valence-corrected chi connectivity index (χ2v) is 5.91. The van der Waals surface area contributed by atoms with E-state index in [1.54, 1.807) is 13.8 Å². The van der Waals surface area contributed by atoms with Crippen molar-refractivity contribution in [1.82, 2.24) is 5.32 Å². The fraction of sp³-hybridized carbons (Fsp3) is 0.643. The number of carbonyl (C=O) groups is 3. The van der Waals surface area contributed by atoms with E-state index in [9.17, 15) is 19.5 Å². The van der Waals surface area contributed by atoms with Crippen LogP contribution in [0.3, 0.4) is 0 Å². The molecule has 0 radical (unpaired) electrons. The monoisotopic (exact) mass is 281 g/mol. The lowest BCUT2D eigenvalue weighted by molar-refractivity contribution is -0.149. The van der Waals surface area contributed by atoms with E-state index in [2.05, 4.69) is 5.32 Å². The van der Waals surface area contributed by atoms with Gasteiger partial charge in [-0.1, -0.05) is 26.0 Å². The number of carboxylic acid groups (broad SMARTS) is 2. The third-order valence-corrected chi connectivity index (χ3v) is 4.28. The van der Waals surface area contributed by atoms with Crippen molar-refractivity contribution < 1.29 is 24.6 Å². The summed E-state index contributed by atoms with van der Waals surface area (Å²) in [6.45, 7) is 3.41.